The van der Waals surface area contributed by atoms with E-state index in [4.69, 9.17) is 5.73 Å². The van der Waals surface area contributed by atoms with Gasteiger partial charge in [0.2, 0.25) is 0 Å². The summed E-state index contributed by atoms with van der Waals surface area (Å²) in [5.41, 5.74) is -0.663. The minimum absolute atomic E-state index is 0.0166. The Morgan fingerprint density at radius 3 is 2.31 bits per heavy atom. The molecule has 8 heteroatoms. The largest absolute Gasteiger partial charge is 0.501 e. The van der Waals surface area contributed by atoms with Crippen LogP contribution >= 0.6 is 0 Å². The molecule has 0 saturated heterocycles. The molecule has 0 bridgehead atoms. The predicted molar refractivity (Wildman–Crippen MR) is 50.6 cm³/mol. The van der Waals surface area contributed by atoms with Gasteiger partial charge in [0.15, 0.2) is 0 Å². The second-order valence-corrected chi connectivity index (χ2v) is 4.76. The summed E-state index contributed by atoms with van der Waals surface area (Å²) >= 11 is 0. The van der Waals surface area contributed by atoms with Crippen LogP contribution in [0, 0.1) is 0 Å². The van der Waals surface area contributed by atoms with Gasteiger partial charge in [0.25, 0.3) is 9.84 Å². The second-order valence-electron chi connectivity index (χ2n) is 2.85. The molecule has 0 unspecified atom stereocenters. The molecule has 0 heterocycles. The van der Waals surface area contributed by atoms with Crippen LogP contribution in [0.5, 0.6) is 5.75 Å². The number of sulfone groups is 1. The molecule has 0 spiro atoms. The summed E-state index contributed by atoms with van der Waals surface area (Å²) in [6, 6.07) is 3.04. The SMILES string of the molecule is COc1ccc(N)c(S(=O)(=O)C(F)(F)F)c1. The van der Waals surface area contributed by atoms with E-state index in [1.54, 1.807) is 0 Å². The third-order valence-corrected chi connectivity index (χ3v) is 3.36. The molecule has 90 valence electrons. The zero-order chi connectivity index (χ0) is 12.6. The number of methoxy groups -OCH3 is 1. The third kappa shape index (κ3) is 2.06. The molecule has 0 aliphatic carbocycles. The van der Waals surface area contributed by atoms with Gasteiger partial charge in [-0.3, -0.25) is 0 Å². The molecule has 0 aromatic heterocycles. The van der Waals surface area contributed by atoms with Gasteiger partial charge in [0.1, 0.15) is 10.6 Å². The first kappa shape index (κ1) is 12.6. The molecular formula is C8H8F3NO3S. The average molecular weight is 255 g/mol. The lowest BCUT2D eigenvalue weighted by Gasteiger charge is -2.11. The summed E-state index contributed by atoms with van der Waals surface area (Å²) in [6.45, 7) is 0. The number of anilines is 1. The molecule has 0 aliphatic rings. The van der Waals surface area contributed by atoms with Gasteiger partial charge >= 0.3 is 5.51 Å². The minimum Gasteiger partial charge on any atom is -0.497 e. The van der Waals surface area contributed by atoms with Gasteiger partial charge in [-0.25, -0.2) is 8.42 Å². The lowest BCUT2D eigenvalue weighted by atomic mass is 10.3. The topological polar surface area (TPSA) is 69.4 Å². The molecule has 0 saturated carbocycles. The van der Waals surface area contributed by atoms with Crippen LogP contribution in [0.25, 0.3) is 0 Å². The first-order valence-corrected chi connectivity index (χ1v) is 5.43. The van der Waals surface area contributed by atoms with E-state index in [-0.39, 0.29) is 5.75 Å². The highest BCUT2D eigenvalue weighted by atomic mass is 32.2. The Morgan fingerprint density at radius 2 is 1.88 bits per heavy atom. The quantitative estimate of drug-likeness (QED) is 0.814. The highest BCUT2D eigenvalue weighted by molar-refractivity contribution is 7.92. The van der Waals surface area contributed by atoms with Crippen LogP contribution in [-0.2, 0) is 9.84 Å². The van der Waals surface area contributed by atoms with Crippen LogP contribution in [0.3, 0.4) is 0 Å². The summed E-state index contributed by atoms with van der Waals surface area (Å²) in [4.78, 5) is -1.00. The molecule has 0 atom stereocenters. The van der Waals surface area contributed by atoms with Gasteiger partial charge < -0.3 is 10.5 Å². The van der Waals surface area contributed by atoms with E-state index in [1.807, 2.05) is 0 Å². The lowest BCUT2D eigenvalue weighted by Crippen LogP contribution is -2.24. The number of rotatable bonds is 2. The van der Waals surface area contributed by atoms with E-state index in [0.29, 0.717) is 0 Å². The molecule has 0 aliphatic heterocycles. The molecule has 0 radical (unpaired) electrons. The fourth-order valence-corrected chi connectivity index (χ4v) is 1.90. The summed E-state index contributed by atoms with van der Waals surface area (Å²) in [6.07, 6.45) is 0. The van der Waals surface area contributed by atoms with Crippen molar-refractivity contribution in [3.8, 4) is 5.75 Å². The van der Waals surface area contributed by atoms with Crippen LogP contribution in [0.1, 0.15) is 0 Å². The number of nitrogens with two attached hydrogens (primary N) is 1. The van der Waals surface area contributed by atoms with Crippen molar-refractivity contribution in [1.29, 1.82) is 0 Å². The van der Waals surface area contributed by atoms with Crippen molar-refractivity contribution in [3.63, 3.8) is 0 Å². The molecular weight excluding hydrogens is 247 g/mol. The maximum Gasteiger partial charge on any atom is 0.501 e. The van der Waals surface area contributed by atoms with Crippen molar-refractivity contribution in [2.45, 2.75) is 10.4 Å². The first-order chi connectivity index (χ1) is 7.20. The van der Waals surface area contributed by atoms with E-state index in [1.165, 1.54) is 13.2 Å². The maximum absolute atomic E-state index is 12.3. The maximum atomic E-state index is 12.3. The van der Waals surface area contributed by atoms with E-state index in [0.717, 1.165) is 12.1 Å². The van der Waals surface area contributed by atoms with Crippen LogP contribution in [0.15, 0.2) is 23.1 Å². The van der Waals surface area contributed by atoms with Gasteiger partial charge in [-0.15, -0.1) is 0 Å². The molecule has 1 aromatic rings. The van der Waals surface area contributed by atoms with Crippen molar-refractivity contribution in [1.82, 2.24) is 0 Å². The third-order valence-electron chi connectivity index (χ3n) is 1.81. The van der Waals surface area contributed by atoms with Gasteiger partial charge in [0.05, 0.1) is 12.8 Å². The molecule has 0 fully saturated rings. The minimum atomic E-state index is -5.44. The zero-order valence-corrected chi connectivity index (χ0v) is 8.89. The highest BCUT2D eigenvalue weighted by Crippen LogP contribution is 2.34. The number of hydrogen-bond acceptors (Lipinski definition) is 4. The Hall–Kier alpha value is -1.44. The number of alkyl halides is 3. The predicted octanol–water partition coefficient (Wildman–Crippen LogP) is 1.57. The van der Waals surface area contributed by atoms with Gasteiger partial charge in [-0.1, -0.05) is 0 Å². The van der Waals surface area contributed by atoms with Crippen molar-refractivity contribution >= 4 is 15.5 Å². The smallest absolute Gasteiger partial charge is 0.497 e. The van der Waals surface area contributed by atoms with Crippen molar-refractivity contribution in [2.24, 2.45) is 0 Å². The molecule has 1 aromatic carbocycles. The van der Waals surface area contributed by atoms with Crippen LogP contribution in [-0.4, -0.2) is 21.0 Å². The van der Waals surface area contributed by atoms with Crippen LogP contribution in [0.2, 0.25) is 0 Å². The van der Waals surface area contributed by atoms with Crippen molar-refractivity contribution in [2.75, 3.05) is 12.8 Å². The van der Waals surface area contributed by atoms with Crippen molar-refractivity contribution < 1.29 is 26.3 Å². The molecule has 16 heavy (non-hydrogen) atoms. The monoisotopic (exact) mass is 255 g/mol. The summed E-state index contributed by atoms with van der Waals surface area (Å²) < 4.78 is 63.5. The van der Waals surface area contributed by atoms with Crippen LogP contribution in [0.4, 0.5) is 18.9 Å². The molecule has 4 nitrogen and oxygen atoms in total. The van der Waals surface area contributed by atoms with Gasteiger partial charge in [-0.2, -0.15) is 13.2 Å². The standard InChI is InChI=1S/C8H8F3NO3S/c1-15-5-2-3-6(12)7(4-5)16(13,14)8(9,10)11/h2-4H,12H2,1H3. The average Bonchev–Trinajstić information content (AvgIpc) is 2.16. The van der Waals surface area contributed by atoms with Gasteiger partial charge in [0, 0.05) is 6.07 Å². The fraction of sp³-hybridized carbons (Fsp3) is 0.250. The van der Waals surface area contributed by atoms with E-state index < -0.39 is 25.9 Å². The van der Waals surface area contributed by atoms with E-state index in [2.05, 4.69) is 4.74 Å². The molecule has 2 N–H and O–H groups in total. The Balaban J connectivity index is 3.44. The Morgan fingerprint density at radius 1 is 1.31 bits per heavy atom. The molecule has 1 rings (SSSR count). The Bertz CT molecular complexity index is 496. The molecule has 0 amide bonds. The van der Waals surface area contributed by atoms with Gasteiger partial charge in [-0.05, 0) is 12.1 Å². The number of ether oxygens (including phenoxy) is 1. The summed E-state index contributed by atoms with van der Waals surface area (Å²) in [5, 5.41) is 0. The van der Waals surface area contributed by atoms with Crippen molar-refractivity contribution in [3.05, 3.63) is 18.2 Å². The number of benzene rings is 1. The Labute approximate surface area is 89.7 Å². The normalized spacial score (nSPS) is 12.5. The van der Waals surface area contributed by atoms with E-state index >= 15 is 0 Å². The Kier molecular flexibility index (Phi) is 3.04. The summed E-state index contributed by atoms with van der Waals surface area (Å²) in [7, 11) is -4.24. The second kappa shape index (κ2) is 3.85. The number of nitrogen functional groups attached to an aromatic ring is 1. The summed E-state index contributed by atoms with van der Waals surface area (Å²) in [5.74, 6) is -0.0166. The first-order valence-electron chi connectivity index (χ1n) is 3.95. The van der Waals surface area contributed by atoms with E-state index in [9.17, 15) is 21.6 Å². The van der Waals surface area contributed by atoms with Crippen LogP contribution < -0.4 is 10.5 Å². The number of halogens is 3. The lowest BCUT2D eigenvalue weighted by molar-refractivity contribution is -0.0435. The zero-order valence-electron chi connectivity index (χ0n) is 8.08. The fourth-order valence-electron chi connectivity index (χ4n) is 0.999. The number of hydrogen-bond donors (Lipinski definition) is 1. The highest BCUT2D eigenvalue weighted by Gasteiger charge is 2.47.